The number of H-pyrrole nitrogens is 1. The van der Waals surface area contributed by atoms with E-state index in [1.807, 2.05) is 36.4 Å². The zero-order valence-corrected chi connectivity index (χ0v) is 11.5. The molecule has 108 valence electrons. The molecular weight excluding hydrogens is 278 g/mol. The smallest absolute Gasteiger partial charge is 0.200 e. The van der Waals surface area contributed by atoms with Gasteiger partial charge in [0.05, 0.1) is 0 Å². The van der Waals surface area contributed by atoms with Crippen molar-refractivity contribution < 1.29 is 15.3 Å². The Morgan fingerprint density at radius 1 is 0.636 bits per heavy atom. The average molecular weight is 291 g/mol. The summed E-state index contributed by atoms with van der Waals surface area (Å²) in [7, 11) is 0. The maximum absolute atomic E-state index is 9.65. The van der Waals surface area contributed by atoms with Gasteiger partial charge in [-0.05, 0) is 35.4 Å². The van der Waals surface area contributed by atoms with Gasteiger partial charge in [-0.15, -0.1) is 0 Å². The highest BCUT2D eigenvalue weighted by atomic mass is 16.3. The maximum atomic E-state index is 9.65. The summed E-state index contributed by atoms with van der Waals surface area (Å²) in [6, 6.07) is 16.8. The standard InChI is InChI=1S/C18H13NO3/c20-16-8-11(9-17(21)18(16)22)10-5-6-13-12-3-1-2-4-14(12)19-15(13)7-10/h1-9,19-22H. The van der Waals surface area contributed by atoms with Gasteiger partial charge in [-0.25, -0.2) is 0 Å². The van der Waals surface area contributed by atoms with Gasteiger partial charge in [0.15, 0.2) is 17.2 Å². The van der Waals surface area contributed by atoms with Gasteiger partial charge >= 0.3 is 0 Å². The van der Waals surface area contributed by atoms with E-state index in [1.165, 1.54) is 12.1 Å². The molecule has 4 rings (SSSR count). The summed E-state index contributed by atoms with van der Waals surface area (Å²) in [5, 5.41) is 31.0. The van der Waals surface area contributed by atoms with E-state index >= 15 is 0 Å². The first-order valence-corrected chi connectivity index (χ1v) is 6.89. The predicted molar refractivity (Wildman–Crippen MR) is 86.2 cm³/mol. The Labute approximate surface area is 125 Å². The highest BCUT2D eigenvalue weighted by Gasteiger charge is 2.11. The molecule has 0 fully saturated rings. The summed E-state index contributed by atoms with van der Waals surface area (Å²) in [5.74, 6) is -1.19. The van der Waals surface area contributed by atoms with Gasteiger partial charge in [0.2, 0.25) is 0 Å². The van der Waals surface area contributed by atoms with Crippen LogP contribution < -0.4 is 0 Å². The van der Waals surface area contributed by atoms with Crippen LogP contribution in [0.5, 0.6) is 17.2 Å². The molecule has 0 amide bonds. The lowest BCUT2D eigenvalue weighted by Gasteiger charge is -2.06. The van der Waals surface area contributed by atoms with E-state index in [0.29, 0.717) is 5.56 Å². The van der Waals surface area contributed by atoms with Crippen LogP contribution in [0.2, 0.25) is 0 Å². The van der Waals surface area contributed by atoms with Crippen molar-refractivity contribution in [3.8, 4) is 28.4 Å². The molecule has 0 radical (unpaired) electrons. The van der Waals surface area contributed by atoms with Crippen molar-refractivity contribution in [2.45, 2.75) is 0 Å². The molecule has 4 heteroatoms. The highest BCUT2D eigenvalue weighted by molar-refractivity contribution is 6.08. The number of rotatable bonds is 1. The Balaban J connectivity index is 1.94. The van der Waals surface area contributed by atoms with E-state index in [-0.39, 0.29) is 11.5 Å². The minimum Gasteiger partial charge on any atom is -0.504 e. The van der Waals surface area contributed by atoms with Gasteiger partial charge in [0.25, 0.3) is 0 Å². The molecule has 0 bridgehead atoms. The van der Waals surface area contributed by atoms with E-state index in [2.05, 4.69) is 11.1 Å². The number of hydrogen-bond acceptors (Lipinski definition) is 3. The third-order valence-corrected chi connectivity index (χ3v) is 3.91. The van der Waals surface area contributed by atoms with Gasteiger partial charge in [-0.1, -0.05) is 30.3 Å². The van der Waals surface area contributed by atoms with Crippen molar-refractivity contribution in [1.82, 2.24) is 4.98 Å². The SMILES string of the molecule is Oc1cc(-c2ccc3c(c2)[nH]c2ccccc23)cc(O)c1O. The fraction of sp³-hybridized carbons (Fsp3) is 0. The molecule has 22 heavy (non-hydrogen) atoms. The van der Waals surface area contributed by atoms with Gasteiger partial charge in [-0.3, -0.25) is 0 Å². The molecule has 0 saturated carbocycles. The second-order valence-electron chi connectivity index (χ2n) is 5.29. The Hall–Kier alpha value is -3.14. The minimum absolute atomic E-state index is 0.341. The molecule has 0 aliphatic carbocycles. The monoisotopic (exact) mass is 291 g/mol. The van der Waals surface area contributed by atoms with Gasteiger partial charge in [0, 0.05) is 21.8 Å². The number of phenolic OH excluding ortho intramolecular Hbond substituents is 3. The normalized spacial score (nSPS) is 11.3. The van der Waals surface area contributed by atoms with Crippen molar-refractivity contribution in [2.24, 2.45) is 0 Å². The van der Waals surface area contributed by atoms with Crippen LogP contribution in [0.15, 0.2) is 54.6 Å². The lowest BCUT2D eigenvalue weighted by atomic mass is 10.0. The summed E-state index contributed by atoms with van der Waals surface area (Å²) >= 11 is 0. The van der Waals surface area contributed by atoms with Crippen LogP contribution in [-0.4, -0.2) is 20.3 Å². The number of aromatic nitrogens is 1. The predicted octanol–water partition coefficient (Wildman–Crippen LogP) is 4.10. The molecule has 0 spiro atoms. The largest absolute Gasteiger partial charge is 0.504 e. The number of aromatic hydroxyl groups is 3. The highest BCUT2D eigenvalue weighted by Crippen LogP contribution is 2.39. The van der Waals surface area contributed by atoms with Crippen molar-refractivity contribution >= 4 is 21.8 Å². The molecule has 4 N–H and O–H groups in total. The Kier molecular flexibility index (Phi) is 2.53. The van der Waals surface area contributed by atoms with Gasteiger partial charge < -0.3 is 20.3 Å². The van der Waals surface area contributed by atoms with E-state index < -0.39 is 5.75 Å². The molecule has 3 aromatic carbocycles. The Morgan fingerprint density at radius 3 is 2.09 bits per heavy atom. The average Bonchev–Trinajstić information content (AvgIpc) is 2.89. The molecule has 4 aromatic rings. The van der Waals surface area contributed by atoms with Crippen LogP contribution in [0.1, 0.15) is 0 Å². The zero-order valence-electron chi connectivity index (χ0n) is 11.5. The van der Waals surface area contributed by atoms with Crippen LogP contribution in [-0.2, 0) is 0 Å². The number of hydrogen-bond donors (Lipinski definition) is 4. The van der Waals surface area contributed by atoms with Crippen LogP contribution in [0.25, 0.3) is 32.9 Å². The molecule has 0 aliphatic rings. The van der Waals surface area contributed by atoms with Crippen LogP contribution in [0.3, 0.4) is 0 Å². The first-order valence-electron chi connectivity index (χ1n) is 6.89. The summed E-state index contributed by atoms with van der Waals surface area (Å²) in [6.07, 6.45) is 0. The van der Waals surface area contributed by atoms with Gasteiger partial charge in [0.1, 0.15) is 0 Å². The summed E-state index contributed by atoms with van der Waals surface area (Å²) < 4.78 is 0. The summed E-state index contributed by atoms with van der Waals surface area (Å²) in [6.45, 7) is 0. The van der Waals surface area contributed by atoms with Gasteiger partial charge in [-0.2, -0.15) is 0 Å². The van der Waals surface area contributed by atoms with E-state index in [9.17, 15) is 15.3 Å². The quantitative estimate of drug-likeness (QED) is 0.399. The van der Waals surface area contributed by atoms with Crippen molar-refractivity contribution in [2.75, 3.05) is 0 Å². The summed E-state index contributed by atoms with van der Waals surface area (Å²) in [4.78, 5) is 3.35. The molecule has 0 saturated heterocycles. The van der Waals surface area contributed by atoms with Crippen molar-refractivity contribution in [3.63, 3.8) is 0 Å². The lowest BCUT2D eigenvalue weighted by molar-refractivity contribution is 0.368. The van der Waals surface area contributed by atoms with Crippen molar-refractivity contribution in [3.05, 3.63) is 54.6 Å². The zero-order chi connectivity index (χ0) is 15.3. The Morgan fingerprint density at radius 2 is 1.32 bits per heavy atom. The molecule has 1 heterocycles. The van der Waals surface area contributed by atoms with Crippen molar-refractivity contribution in [1.29, 1.82) is 0 Å². The number of fused-ring (bicyclic) bond motifs is 3. The van der Waals surface area contributed by atoms with E-state index in [1.54, 1.807) is 0 Å². The lowest BCUT2D eigenvalue weighted by Crippen LogP contribution is -1.80. The van der Waals surface area contributed by atoms with E-state index in [4.69, 9.17) is 0 Å². The number of benzene rings is 3. The molecule has 0 atom stereocenters. The Bertz CT molecular complexity index is 994. The number of phenols is 3. The number of aromatic amines is 1. The number of nitrogens with one attached hydrogen (secondary N) is 1. The topological polar surface area (TPSA) is 76.5 Å². The third kappa shape index (κ3) is 1.78. The molecule has 0 unspecified atom stereocenters. The molecule has 0 aliphatic heterocycles. The fourth-order valence-electron chi connectivity index (χ4n) is 2.81. The van der Waals surface area contributed by atoms with Crippen LogP contribution in [0.4, 0.5) is 0 Å². The van der Waals surface area contributed by atoms with Crippen LogP contribution >= 0.6 is 0 Å². The van der Waals surface area contributed by atoms with E-state index in [0.717, 1.165) is 27.4 Å². The maximum Gasteiger partial charge on any atom is 0.200 e. The molecular formula is C18H13NO3. The van der Waals surface area contributed by atoms with Crippen LogP contribution in [0, 0.1) is 0 Å². The summed E-state index contributed by atoms with van der Waals surface area (Å²) in [5.41, 5.74) is 3.51. The second kappa shape index (κ2) is 4.43. The number of para-hydroxylation sites is 1. The second-order valence-corrected chi connectivity index (χ2v) is 5.29. The molecule has 4 nitrogen and oxygen atoms in total. The third-order valence-electron chi connectivity index (χ3n) is 3.91. The molecule has 1 aromatic heterocycles. The first-order chi connectivity index (χ1) is 10.6. The fourth-order valence-corrected chi connectivity index (χ4v) is 2.81. The first kappa shape index (κ1) is 12.6. The minimum atomic E-state index is -0.504.